The first-order valence-electron chi connectivity index (χ1n) is 9.81. The van der Waals surface area contributed by atoms with Crippen LogP contribution in [-0.2, 0) is 16.1 Å². The maximum absolute atomic E-state index is 13.0. The van der Waals surface area contributed by atoms with Crippen LogP contribution in [-0.4, -0.2) is 35.1 Å². The number of nitrogens with one attached hydrogen (secondary N) is 1. The molecular formula is C23H30N2O2S. The van der Waals surface area contributed by atoms with Crippen molar-refractivity contribution in [1.29, 1.82) is 0 Å². The third kappa shape index (κ3) is 7.04. The van der Waals surface area contributed by atoms with Crippen LogP contribution in [0.3, 0.4) is 0 Å². The molecule has 4 nitrogen and oxygen atoms in total. The lowest BCUT2D eigenvalue weighted by molar-refractivity contribution is -0.138. The fourth-order valence-electron chi connectivity index (χ4n) is 2.87. The van der Waals surface area contributed by atoms with Gasteiger partial charge in [-0.25, -0.2) is 0 Å². The Bertz CT molecular complexity index is 764. The molecular weight excluding hydrogens is 368 g/mol. The molecule has 2 rings (SSSR count). The van der Waals surface area contributed by atoms with E-state index in [0.29, 0.717) is 18.8 Å². The smallest absolute Gasteiger partial charge is 0.242 e. The highest BCUT2D eigenvalue weighted by molar-refractivity contribution is 8.00. The monoisotopic (exact) mass is 398 g/mol. The van der Waals surface area contributed by atoms with E-state index in [1.54, 1.807) is 4.90 Å². The number of benzene rings is 2. The lowest BCUT2D eigenvalue weighted by atomic mass is 10.1. The van der Waals surface area contributed by atoms with Gasteiger partial charge in [0.25, 0.3) is 0 Å². The van der Waals surface area contributed by atoms with Crippen molar-refractivity contribution in [2.45, 2.75) is 51.1 Å². The molecule has 2 amide bonds. The van der Waals surface area contributed by atoms with Crippen LogP contribution in [0, 0.1) is 6.92 Å². The zero-order chi connectivity index (χ0) is 20.4. The normalized spacial score (nSPS) is 11.7. The Morgan fingerprint density at radius 2 is 1.86 bits per heavy atom. The Morgan fingerprint density at radius 1 is 1.11 bits per heavy atom. The summed E-state index contributed by atoms with van der Waals surface area (Å²) in [5.41, 5.74) is 2.18. The summed E-state index contributed by atoms with van der Waals surface area (Å²) in [6.45, 7) is 7.00. The van der Waals surface area contributed by atoms with Gasteiger partial charge in [0.15, 0.2) is 0 Å². The number of amides is 2. The standard InChI is InChI=1S/C23H30N2O2S/c1-4-5-14-24-23(27)19(3)25(16-20-11-9-10-18(2)15-20)22(26)17-28-21-12-7-6-8-13-21/h6-13,15,19H,4-5,14,16-17H2,1-3H3,(H,24,27)/t19-/m0/s1. The van der Waals surface area contributed by atoms with Gasteiger partial charge >= 0.3 is 0 Å². The highest BCUT2D eigenvalue weighted by atomic mass is 32.2. The van der Waals surface area contributed by atoms with Crippen LogP contribution in [0.5, 0.6) is 0 Å². The van der Waals surface area contributed by atoms with Crippen LogP contribution in [0.15, 0.2) is 59.5 Å². The number of aryl methyl sites for hydroxylation is 1. The van der Waals surface area contributed by atoms with Crippen LogP contribution in [0.4, 0.5) is 0 Å². The van der Waals surface area contributed by atoms with Crippen LogP contribution < -0.4 is 5.32 Å². The molecule has 0 aromatic heterocycles. The minimum absolute atomic E-state index is 0.0338. The summed E-state index contributed by atoms with van der Waals surface area (Å²) in [7, 11) is 0. The van der Waals surface area contributed by atoms with Crippen molar-refractivity contribution in [2.24, 2.45) is 0 Å². The second-order valence-electron chi connectivity index (χ2n) is 6.93. The molecule has 1 N–H and O–H groups in total. The van der Waals surface area contributed by atoms with Gasteiger partial charge in [0.2, 0.25) is 11.8 Å². The fraction of sp³-hybridized carbons (Fsp3) is 0.391. The van der Waals surface area contributed by atoms with E-state index in [9.17, 15) is 9.59 Å². The number of unbranched alkanes of at least 4 members (excludes halogenated alkanes) is 1. The zero-order valence-corrected chi connectivity index (χ0v) is 17.8. The molecule has 5 heteroatoms. The van der Waals surface area contributed by atoms with Crippen LogP contribution in [0.1, 0.15) is 37.8 Å². The summed E-state index contributed by atoms with van der Waals surface area (Å²) in [5.74, 6) is 0.176. The largest absolute Gasteiger partial charge is 0.354 e. The average Bonchev–Trinajstić information content (AvgIpc) is 2.70. The summed E-state index contributed by atoms with van der Waals surface area (Å²) in [4.78, 5) is 28.3. The predicted octanol–water partition coefficient (Wildman–Crippen LogP) is 4.42. The van der Waals surface area contributed by atoms with E-state index in [1.165, 1.54) is 11.8 Å². The Hall–Kier alpha value is -2.27. The molecule has 0 aliphatic rings. The van der Waals surface area contributed by atoms with E-state index in [1.807, 2.05) is 62.4 Å². The SMILES string of the molecule is CCCCNC(=O)[C@H](C)N(Cc1cccc(C)c1)C(=O)CSc1ccccc1. The third-order valence-corrected chi connectivity index (χ3v) is 5.53. The van der Waals surface area contributed by atoms with E-state index in [-0.39, 0.29) is 11.8 Å². The number of carbonyl (C=O) groups is 2. The molecule has 150 valence electrons. The molecule has 0 aliphatic carbocycles. The average molecular weight is 399 g/mol. The van der Waals surface area contributed by atoms with Crippen molar-refractivity contribution >= 4 is 23.6 Å². The maximum atomic E-state index is 13.0. The quantitative estimate of drug-likeness (QED) is 0.476. The molecule has 0 aliphatic heterocycles. The molecule has 2 aromatic rings. The Balaban J connectivity index is 2.09. The van der Waals surface area contributed by atoms with Gasteiger partial charge in [-0.3, -0.25) is 9.59 Å². The van der Waals surface area contributed by atoms with Gasteiger partial charge in [-0.2, -0.15) is 0 Å². The van der Waals surface area contributed by atoms with Crippen LogP contribution in [0.2, 0.25) is 0 Å². The van der Waals surface area contributed by atoms with Crippen molar-refractivity contribution < 1.29 is 9.59 Å². The van der Waals surface area contributed by atoms with E-state index in [0.717, 1.165) is 28.9 Å². The molecule has 0 fully saturated rings. The van der Waals surface area contributed by atoms with Gasteiger partial charge in [-0.15, -0.1) is 11.8 Å². The first-order valence-corrected chi connectivity index (χ1v) is 10.8. The number of hydrogen-bond donors (Lipinski definition) is 1. The van der Waals surface area contributed by atoms with Crippen molar-refractivity contribution in [3.8, 4) is 0 Å². The molecule has 28 heavy (non-hydrogen) atoms. The first-order chi connectivity index (χ1) is 13.5. The summed E-state index contributed by atoms with van der Waals surface area (Å²) >= 11 is 1.50. The molecule has 0 saturated heterocycles. The van der Waals surface area contributed by atoms with E-state index in [4.69, 9.17) is 0 Å². The molecule has 0 saturated carbocycles. The van der Waals surface area contributed by atoms with Crippen molar-refractivity contribution in [3.05, 3.63) is 65.7 Å². The molecule has 0 bridgehead atoms. The van der Waals surface area contributed by atoms with Crippen molar-refractivity contribution in [1.82, 2.24) is 10.2 Å². The molecule has 0 radical (unpaired) electrons. The second kappa shape index (κ2) is 11.5. The van der Waals surface area contributed by atoms with Gasteiger partial charge in [-0.05, 0) is 38.0 Å². The third-order valence-electron chi connectivity index (χ3n) is 4.54. The molecule has 0 spiro atoms. The summed E-state index contributed by atoms with van der Waals surface area (Å²) < 4.78 is 0. The lowest BCUT2D eigenvalue weighted by Crippen LogP contribution is -2.48. The minimum Gasteiger partial charge on any atom is -0.354 e. The Kier molecular flexibility index (Phi) is 9.08. The highest BCUT2D eigenvalue weighted by Crippen LogP contribution is 2.19. The summed E-state index contributed by atoms with van der Waals surface area (Å²) in [5, 5.41) is 2.95. The first kappa shape index (κ1) is 22.0. The Morgan fingerprint density at radius 3 is 2.54 bits per heavy atom. The van der Waals surface area contributed by atoms with Crippen molar-refractivity contribution in [2.75, 3.05) is 12.3 Å². The molecule has 0 unspecified atom stereocenters. The van der Waals surface area contributed by atoms with Gasteiger partial charge in [0, 0.05) is 18.0 Å². The molecule has 0 heterocycles. The van der Waals surface area contributed by atoms with Gasteiger partial charge < -0.3 is 10.2 Å². The van der Waals surface area contributed by atoms with Gasteiger partial charge in [0.1, 0.15) is 6.04 Å². The zero-order valence-electron chi connectivity index (χ0n) is 17.0. The van der Waals surface area contributed by atoms with Gasteiger partial charge in [0.05, 0.1) is 5.75 Å². The van der Waals surface area contributed by atoms with E-state index >= 15 is 0 Å². The van der Waals surface area contributed by atoms with Gasteiger partial charge in [-0.1, -0.05) is 61.4 Å². The predicted molar refractivity (Wildman–Crippen MR) is 116 cm³/mol. The van der Waals surface area contributed by atoms with Crippen LogP contribution >= 0.6 is 11.8 Å². The summed E-state index contributed by atoms with van der Waals surface area (Å²) in [6, 6.07) is 17.4. The number of carbonyl (C=O) groups excluding carboxylic acids is 2. The van der Waals surface area contributed by atoms with E-state index < -0.39 is 6.04 Å². The lowest BCUT2D eigenvalue weighted by Gasteiger charge is -2.29. The number of nitrogens with zero attached hydrogens (tertiary/aromatic N) is 1. The molecule has 2 aromatic carbocycles. The highest BCUT2D eigenvalue weighted by Gasteiger charge is 2.26. The van der Waals surface area contributed by atoms with E-state index in [2.05, 4.69) is 18.3 Å². The Labute approximate surface area is 172 Å². The van der Waals surface area contributed by atoms with Crippen molar-refractivity contribution in [3.63, 3.8) is 0 Å². The number of rotatable bonds is 10. The fourth-order valence-corrected chi connectivity index (χ4v) is 3.68. The number of thioether (sulfide) groups is 1. The van der Waals surface area contributed by atoms with Crippen LogP contribution in [0.25, 0.3) is 0 Å². The number of hydrogen-bond acceptors (Lipinski definition) is 3. The minimum atomic E-state index is -0.513. The molecule has 1 atom stereocenters. The maximum Gasteiger partial charge on any atom is 0.242 e. The second-order valence-corrected chi connectivity index (χ2v) is 7.98. The topological polar surface area (TPSA) is 49.4 Å². The summed E-state index contributed by atoms with van der Waals surface area (Å²) in [6.07, 6.45) is 1.96.